The van der Waals surface area contributed by atoms with Gasteiger partial charge in [0.05, 0.1) is 6.10 Å². The first-order valence-corrected chi connectivity index (χ1v) is 10.7. The molecule has 1 aliphatic rings. The maximum atomic E-state index is 12.2. The van der Waals surface area contributed by atoms with Crippen LogP contribution in [0.25, 0.3) is 0 Å². The van der Waals surface area contributed by atoms with Crippen LogP contribution in [0.2, 0.25) is 18.1 Å². The molecule has 0 aliphatic carbocycles. The van der Waals surface area contributed by atoms with Crippen molar-refractivity contribution in [3.05, 3.63) is 0 Å². The lowest BCUT2D eigenvalue weighted by atomic mass is 9.85. The smallest absolute Gasteiger partial charge is 0.338 e. The molecule has 22 heavy (non-hydrogen) atoms. The Morgan fingerprint density at radius 1 is 1.32 bits per heavy atom. The molecule has 1 heterocycles. The van der Waals surface area contributed by atoms with Crippen molar-refractivity contribution in [3.8, 4) is 0 Å². The van der Waals surface area contributed by atoms with Crippen LogP contribution in [0.3, 0.4) is 0 Å². The Morgan fingerprint density at radius 2 is 1.86 bits per heavy atom. The fourth-order valence-electron chi connectivity index (χ4n) is 2.49. The Balaban J connectivity index is 3.09. The van der Waals surface area contributed by atoms with Gasteiger partial charge in [0, 0.05) is 18.9 Å². The first-order valence-electron chi connectivity index (χ1n) is 7.82. The second kappa shape index (κ2) is 6.80. The maximum Gasteiger partial charge on any atom is 0.338 e. The molecule has 128 valence electrons. The monoisotopic (exact) mass is 330 g/mol. The molecule has 0 radical (unpaired) electrons. The van der Waals surface area contributed by atoms with Crippen LogP contribution in [-0.2, 0) is 23.5 Å². The van der Waals surface area contributed by atoms with E-state index in [1.54, 1.807) is 6.92 Å². The van der Waals surface area contributed by atoms with Crippen molar-refractivity contribution >= 4 is 20.6 Å². The predicted molar refractivity (Wildman–Crippen MR) is 87.1 cm³/mol. The van der Waals surface area contributed by atoms with Gasteiger partial charge in [0.2, 0.25) is 0 Å². The van der Waals surface area contributed by atoms with Crippen LogP contribution >= 0.6 is 0 Å². The topological polar surface area (TPSA) is 61.8 Å². The summed E-state index contributed by atoms with van der Waals surface area (Å²) < 4.78 is 17.2. The molecule has 0 aromatic rings. The standard InChI is InChI=1S/C16H30O5Si/c1-10(9-17)12-11(2)13(14(19-6)15(18)20-12)21-22(7,8)16(3,4)5/h9-14H,1-8H3/t10-,11+,12-,13-,14+/m0/s1. The number of rotatable bonds is 5. The van der Waals surface area contributed by atoms with E-state index in [0.29, 0.717) is 0 Å². The average Bonchev–Trinajstić information content (AvgIpc) is 2.40. The van der Waals surface area contributed by atoms with Crippen LogP contribution in [0.4, 0.5) is 0 Å². The number of carbonyl (C=O) groups is 2. The van der Waals surface area contributed by atoms with Crippen LogP contribution in [0.1, 0.15) is 34.6 Å². The Hall–Kier alpha value is -0.723. The highest BCUT2D eigenvalue weighted by Crippen LogP contribution is 2.40. The molecule has 0 bridgehead atoms. The van der Waals surface area contributed by atoms with Gasteiger partial charge in [-0.25, -0.2) is 4.79 Å². The van der Waals surface area contributed by atoms with Gasteiger partial charge in [-0.15, -0.1) is 0 Å². The second-order valence-electron chi connectivity index (χ2n) is 7.75. The molecule has 0 N–H and O–H groups in total. The molecule has 5 atom stereocenters. The summed E-state index contributed by atoms with van der Waals surface area (Å²) in [6.07, 6.45) is -0.768. The van der Waals surface area contributed by atoms with Gasteiger partial charge in [-0.05, 0) is 18.1 Å². The van der Waals surface area contributed by atoms with Crippen molar-refractivity contribution in [2.75, 3.05) is 7.11 Å². The number of hydrogen-bond acceptors (Lipinski definition) is 5. The quantitative estimate of drug-likeness (QED) is 0.441. The van der Waals surface area contributed by atoms with E-state index in [2.05, 4.69) is 33.9 Å². The minimum Gasteiger partial charge on any atom is -0.459 e. The first kappa shape index (κ1) is 19.3. The summed E-state index contributed by atoms with van der Waals surface area (Å²) in [4.78, 5) is 23.3. The SMILES string of the molecule is CO[C@H]1C(=O)O[C@@H]([C@@H](C)C=O)[C@@H](C)[C@@H]1O[Si](C)(C)C(C)(C)C. The molecule has 5 nitrogen and oxygen atoms in total. The van der Waals surface area contributed by atoms with Gasteiger partial charge in [0.1, 0.15) is 12.4 Å². The molecule has 0 unspecified atom stereocenters. The first-order chi connectivity index (χ1) is 9.96. The van der Waals surface area contributed by atoms with E-state index in [9.17, 15) is 9.59 Å². The summed E-state index contributed by atoms with van der Waals surface area (Å²) in [5.41, 5.74) is 0. The van der Waals surface area contributed by atoms with E-state index in [-0.39, 0.29) is 23.0 Å². The van der Waals surface area contributed by atoms with Gasteiger partial charge in [0.15, 0.2) is 14.4 Å². The van der Waals surface area contributed by atoms with Gasteiger partial charge in [-0.3, -0.25) is 0 Å². The van der Waals surface area contributed by atoms with Gasteiger partial charge in [-0.2, -0.15) is 0 Å². The van der Waals surface area contributed by atoms with E-state index in [1.807, 2.05) is 6.92 Å². The van der Waals surface area contributed by atoms with Gasteiger partial charge < -0.3 is 18.7 Å². The number of aldehydes is 1. The fraction of sp³-hybridized carbons (Fsp3) is 0.875. The lowest BCUT2D eigenvalue weighted by molar-refractivity contribution is -0.195. The highest BCUT2D eigenvalue weighted by atomic mass is 28.4. The van der Waals surface area contributed by atoms with E-state index in [0.717, 1.165) is 6.29 Å². The molecule has 0 spiro atoms. The summed E-state index contributed by atoms with van der Waals surface area (Å²) in [5, 5.41) is 0.0259. The molecule has 1 saturated heterocycles. The number of methoxy groups -OCH3 is 1. The summed E-state index contributed by atoms with van der Waals surface area (Å²) in [6.45, 7) is 14.5. The number of hydrogen-bond donors (Lipinski definition) is 0. The second-order valence-corrected chi connectivity index (χ2v) is 12.5. The Bertz CT molecular complexity index is 415. The molecular formula is C16H30O5Si. The van der Waals surface area contributed by atoms with Gasteiger partial charge in [-0.1, -0.05) is 34.6 Å². The summed E-state index contributed by atoms with van der Waals surface area (Å²) in [5.74, 6) is -0.901. The van der Waals surface area contributed by atoms with Crippen LogP contribution in [0.5, 0.6) is 0 Å². The highest BCUT2D eigenvalue weighted by Gasteiger charge is 2.50. The third-order valence-electron chi connectivity index (χ3n) is 5.04. The third-order valence-corrected chi connectivity index (χ3v) is 9.52. The summed E-state index contributed by atoms with van der Waals surface area (Å²) >= 11 is 0. The van der Waals surface area contributed by atoms with Gasteiger partial charge in [0.25, 0.3) is 0 Å². The number of esters is 1. The molecule has 0 amide bonds. The Morgan fingerprint density at radius 3 is 2.27 bits per heavy atom. The molecule has 1 fully saturated rings. The summed E-state index contributed by atoms with van der Waals surface area (Å²) in [7, 11) is -0.582. The minimum atomic E-state index is -2.07. The van der Waals surface area contributed by atoms with Crippen molar-refractivity contribution in [1.29, 1.82) is 0 Å². The van der Waals surface area contributed by atoms with Crippen molar-refractivity contribution < 1.29 is 23.5 Å². The molecular weight excluding hydrogens is 300 g/mol. The highest BCUT2D eigenvalue weighted by molar-refractivity contribution is 6.74. The predicted octanol–water partition coefficient (Wildman–Crippen LogP) is 2.79. The Kier molecular flexibility index (Phi) is 5.98. The molecule has 1 rings (SSSR count). The normalized spacial score (nSPS) is 31.5. The largest absolute Gasteiger partial charge is 0.459 e. The number of carbonyl (C=O) groups excluding carboxylic acids is 2. The number of cyclic esters (lactones) is 1. The van der Waals surface area contributed by atoms with E-state index < -0.39 is 26.5 Å². The lowest BCUT2D eigenvalue weighted by Gasteiger charge is -2.46. The zero-order valence-corrected chi connectivity index (χ0v) is 16.0. The van der Waals surface area contributed by atoms with Crippen LogP contribution < -0.4 is 0 Å². The molecule has 0 aromatic heterocycles. The van der Waals surface area contributed by atoms with E-state index in [1.165, 1.54) is 7.11 Å². The lowest BCUT2D eigenvalue weighted by Crippen LogP contribution is -2.59. The summed E-state index contributed by atoms with van der Waals surface area (Å²) in [6, 6.07) is 0. The zero-order valence-electron chi connectivity index (χ0n) is 15.0. The van der Waals surface area contributed by atoms with Crippen LogP contribution in [-0.4, -0.2) is 46.0 Å². The van der Waals surface area contributed by atoms with Crippen LogP contribution in [0, 0.1) is 11.8 Å². The number of ether oxygens (including phenoxy) is 2. The van der Waals surface area contributed by atoms with Crippen molar-refractivity contribution in [2.24, 2.45) is 11.8 Å². The average molecular weight is 330 g/mol. The third kappa shape index (κ3) is 3.78. The molecule has 0 saturated carbocycles. The molecule has 1 aliphatic heterocycles. The van der Waals surface area contributed by atoms with Gasteiger partial charge >= 0.3 is 5.97 Å². The molecule has 6 heteroatoms. The van der Waals surface area contributed by atoms with Crippen molar-refractivity contribution in [1.82, 2.24) is 0 Å². The zero-order chi connectivity index (χ0) is 17.3. The molecule has 0 aromatic carbocycles. The van der Waals surface area contributed by atoms with Crippen LogP contribution in [0.15, 0.2) is 0 Å². The minimum absolute atomic E-state index is 0.0259. The fourth-order valence-corrected chi connectivity index (χ4v) is 3.86. The van der Waals surface area contributed by atoms with Crippen molar-refractivity contribution in [2.45, 2.75) is 71.1 Å². The van der Waals surface area contributed by atoms with E-state index in [4.69, 9.17) is 13.9 Å². The maximum absolute atomic E-state index is 12.2. The Labute approximate surface area is 134 Å². The van der Waals surface area contributed by atoms with E-state index >= 15 is 0 Å². The van der Waals surface area contributed by atoms with Crippen molar-refractivity contribution in [3.63, 3.8) is 0 Å².